The first-order valence-corrected chi connectivity index (χ1v) is 12.1. The van der Waals surface area contributed by atoms with E-state index in [0.717, 1.165) is 12.1 Å². The van der Waals surface area contributed by atoms with Crippen molar-refractivity contribution >= 4 is 34.9 Å². The molecule has 0 radical (unpaired) electrons. The molecule has 0 saturated carbocycles. The van der Waals surface area contributed by atoms with Gasteiger partial charge in [0.2, 0.25) is 0 Å². The van der Waals surface area contributed by atoms with Gasteiger partial charge in [0.05, 0.1) is 39.4 Å². The third-order valence-electron chi connectivity index (χ3n) is 5.95. The maximum atomic E-state index is 13.5. The summed E-state index contributed by atoms with van der Waals surface area (Å²) in [5.41, 5.74) is 0.364. The quantitative estimate of drug-likeness (QED) is 0.373. The third-order valence-corrected chi connectivity index (χ3v) is 6.43. The Morgan fingerprint density at radius 1 is 1.11 bits per heavy atom. The summed E-state index contributed by atoms with van der Waals surface area (Å²) in [6.45, 7) is 3.75. The largest absolute Gasteiger partial charge is 0.493 e. The minimum atomic E-state index is -4.47. The molecule has 0 aliphatic carbocycles. The van der Waals surface area contributed by atoms with Crippen molar-refractivity contribution in [3.05, 3.63) is 75.4 Å². The number of carbonyl (C=O) groups is 1. The zero-order valence-corrected chi connectivity index (χ0v) is 21.2. The van der Waals surface area contributed by atoms with Gasteiger partial charge < -0.3 is 14.5 Å². The lowest BCUT2D eigenvalue weighted by molar-refractivity contribution is -0.137. The Morgan fingerprint density at radius 3 is 2.35 bits per heavy atom. The molecule has 0 atom stereocenters. The fraction of sp³-hybridized carbons (Fsp3) is 0.269. The van der Waals surface area contributed by atoms with Gasteiger partial charge in [0.25, 0.3) is 5.91 Å². The first-order chi connectivity index (χ1) is 17.6. The van der Waals surface area contributed by atoms with E-state index in [1.807, 2.05) is 4.90 Å². The van der Waals surface area contributed by atoms with Crippen LogP contribution in [0, 0.1) is 11.3 Å². The van der Waals surface area contributed by atoms with Crippen LogP contribution in [0.25, 0.3) is 11.1 Å². The molecule has 192 valence electrons. The summed E-state index contributed by atoms with van der Waals surface area (Å²) in [4.78, 5) is 21.4. The number of pyridine rings is 1. The van der Waals surface area contributed by atoms with Gasteiger partial charge in [-0.1, -0.05) is 35.3 Å². The second kappa shape index (κ2) is 10.9. The normalized spacial score (nSPS) is 13.9. The SMILES string of the molecule is CCOc1cc(-c2ccc(C(F)(F)F)cc2)c(C#N)cc1C(=O)N1CCN(c2ncc(Cl)cc2Cl)CC1. The minimum absolute atomic E-state index is 0.155. The van der Waals surface area contributed by atoms with Crippen molar-refractivity contribution in [1.82, 2.24) is 9.88 Å². The Bertz CT molecular complexity index is 1350. The number of benzene rings is 2. The highest BCUT2D eigenvalue weighted by Gasteiger charge is 2.31. The molecule has 4 rings (SSSR count). The maximum absolute atomic E-state index is 13.5. The van der Waals surface area contributed by atoms with E-state index in [4.69, 9.17) is 27.9 Å². The highest BCUT2D eigenvalue weighted by molar-refractivity contribution is 6.36. The molecule has 1 fully saturated rings. The summed E-state index contributed by atoms with van der Waals surface area (Å²) in [6.07, 6.45) is -2.96. The van der Waals surface area contributed by atoms with Crippen LogP contribution in [0.15, 0.2) is 48.7 Å². The molecule has 11 heteroatoms. The van der Waals surface area contributed by atoms with Crippen molar-refractivity contribution in [1.29, 1.82) is 5.26 Å². The lowest BCUT2D eigenvalue weighted by Crippen LogP contribution is -2.49. The Morgan fingerprint density at radius 2 is 1.78 bits per heavy atom. The van der Waals surface area contributed by atoms with Crippen LogP contribution in [0.2, 0.25) is 10.0 Å². The van der Waals surface area contributed by atoms with Gasteiger partial charge in [-0.05, 0) is 42.8 Å². The Balaban J connectivity index is 1.59. The summed E-state index contributed by atoms with van der Waals surface area (Å²) >= 11 is 12.2. The smallest absolute Gasteiger partial charge is 0.416 e. The number of aromatic nitrogens is 1. The summed E-state index contributed by atoms with van der Waals surface area (Å²) in [7, 11) is 0. The van der Waals surface area contributed by atoms with E-state index in [2.05, 4.69) is 11.1 Å². The van der Waals surface area contributed by atoms with Crippen molar-refractivity contribution in [2.75, 3.05) is 37.7 Å². The number of halogens is 5. The monoisotopic (exact) mass is 548 g/mol. The zero-order valence-electron chi connectivity index (χ0n) is 19.6. The van der Waals surface area contributed by atoms with Crippen LogP contribution in [0.1, 0.15) is 28.4 Å². The van der Waals surface area contributed by atoms with Gasteiger partial charge in [-0.2, -0.15) is 18.4 Å². The first kappa shape index (κ1) is 26.6. The van der Waals surface area contributed by atoms with Crippen molar-refractivity contribution in [2.45, 2.75) is 13.1 Å². The van der Waals surface area contributed by atoms with E-state index in [1.165, 1.54) is 30.5 Å². The van der Waals surface area contributed by atoms with Gasteiger partial charge in [-0.25, -0.2) is 4.98 Å². The molecule has 2 heterocycles. The zero-order chi connectivity index (χ0) is 26.7. The average molecular weight is 549 g/mol. The molecule has 1 saturated heterocycles. The van der Waals surface area contributed by atoms with Crippen LogP contribution in [-0.2, 0) is 6.18 Å². The number of anilines is 1. The predicted molar refractivity (Wildman–Crippen MR) is 135 cm³/mol. The second-order valence-electron chi connectivity index (χ2n) is 8.25. The molecule has 3 aromatic rings. The molecule has 1 amide bonds. The van der Waals surface area contributed by atoms with E-state index < -0.39 is 11.7 Å². The summed E-state index contributed by atoms with van der Waals surface area (Å²) in [5.74, 6) is 0.529. The molecule has 0 bridgehead atoms. The van der Waals surface area contributed by atoms with Crippen LogP contribution < -0.4 is 9.64 Å². The summed E-state index contributed by atoms with van der Waals surface area (Å²) in [5, 5.41) is 10.6. The number of nitriles is 1. The molecule has 0 unspecified atom stereocenters. The number of carbonyl (C=O) groups excluding carboxylic acids is 1. The average Bonchev–Trinajstić information content (AvgIpc) is 2.88. The Hall–Kier alpha value is -3.48. The molecule has 1 aromatic heterocycles. The summed E-state index contributed by atoms with van der Waals surface area (Å²) in [6, 6.07) is 11.1. The fourth-order valence-corrected chi connectivity index (χ4v) is 4.62. The van der Waals surface area contributed by atoms with Crippen molar-refractivity contribution in [2.24, 2.45) is 0 Å². The Labute approximate surface area is 221 Å². The fourth-order valence-electron chi connectivity index (χ4n) is 4.12. The lowest BCUT2D eigenvalue weighted by atomic mass is 9.96. The topological polar surface area (TPSA) is 69.5 Å². The molecular weight excluding hydrogens is 528 g/mol. The number of rotatable bonds is 5. The number of ether oxygens (including phenoxy) is 1. The van der Waals surface area contributed by atoms with Crippen LogP contribution in [-0.4, -0.2) is 48.6 Å². The van der Waals surface area contributed by atoms with Gasteiger partial charge in [0, 0.05) is 37.9 Å². The van der Waals surface area contributed by atoms with Crippen molar-refractivity contribution in [3.8, 4) is 22.9 Å². The van der Waals surface area contributed by atoms with E-state index in [1.54, 1.807) is 17.9 Å². The standard InChI is InChI=1S/C26H21Cl2F3N4O2/c1-2-37-23-13-20(16-3-5-18(6-4-16)26(29,30)31)17(14-32)11-21(23)25(36)35-9-7-34(8-10-35)24-22(28)12-19(27)15-33-24/h3-6,11-13,15H,2,7-10H2,1H3. The minimum Gasteiger partial charge on any atom is -0.493 e. The van der Waals surface area contributed by atoms with Crippen LogP contribution in [0.5, 0.6) is 5.75 Å². The molecule has 1 aliphatic rings. The summed E-state index contributed by atoms with van der Waals surface area (Å²) < 4.78 is 44.6. The maximum Gasteiger partial charge on any atom is 0.416 e. The van der Waals surface area contributed by atoms with Crippen LogP contribution in [0.4, 0.5) is 19.0 Å². The first-order valence-electron chi connectivity index (χ1n) is 11.4. The van der Waals surface area contributed by atoms with Crippen LogP contribution in [0.3, 0.4) is 0 Å². The van der Waals surface area contributed by atoms with E-state index in [-0.39, 0.29) is 29.4 Å². The van der Waals surface area contributed by atoms with Gasteiger partial charge in [-0.3, -0.25) is 4.79 Å². The molecular formula is C26H21Cl2F3N4O2. The second-order valence-corrected chi connectivity index (χ2v) is 9.10. The van der Waals surface area contributed by atoms with Gasteiger partial charge in [0.1, 0.15) is 11.6 Å². The molecule has 1 aliphatic heterocycles. The van der Waals surface area contributed by atoms with E-state index >= 15 is 0 Å². The number of hydrogen-bond acceptors (Lipinski definition) is 5. The van der Waals surface area contributed by atoms with Crippen LogP contribution >= 0.6 is 23.2 Å². The molecule has 2 aromatic carbocycles. The van der Waals surface area contributed by atoms with E-state index in [9.17, 15) is 23.2 Å². The van der Waals surface area contributed by atoms with Gasteiger partial charge in [0.15, 0.2) is 0 Å². The van der Waals surface area contributed by atoms with E-state index in [0.29, 0.717) is 53.2 Å². The number of hydrogen-bond donors (Lipinski definition) is 0. The third kappa shape index (κ3) is 5.76. The van der Waals surface area contributed by atoms with Gasteiger partial charge >= 0.3 is 6.18 Å². The number of nitrogens with zero attached hydrogens (tertiary/aromatic N) is 4. The number of piperazine rings is 1. The van der Waals surface area contributed by atoms with Crippen molar-refractivity contribution in [3.63, 3.8) is 0 Å². The molecule has 0 spiro atoms. The van der Waals surface area contributed by atoms with Gasteiger partial charge in [-0.15, -0.1) is 0 Å². The molecule has 0 N–H and O–H groups in total. The lowest BCUT2D eigenvalue weighted by Gasteiger charge is -2.36. The highest BCUT2D eigenvalue weighted by atomic mass is 35.5. The molecule has 6 nitrogen and oxygen atoms in total. The Kier molecular flexibility index (Phi) is 7.81. The highest BCUT2D eigenvalue weighted by Crippen LogP contribution is 2.35. The molecule has 37 heavy (non-hydrogen) atoms. The number of alkyl halides is 3. The van der Waals surface area contributed by atoms with Crippen molar-refractivity contribution < 1.29 is 22.7 Å². The number of amides is 1. The predicted octanol–water partition coefficient (Wildman–Crippen LogP) is 6.31.